The molecule has 0 saturated carbocycles. The van der Waals surface area contributed by atoms with Crippen molar-refractivity contribution in [3.63, 3.8) is 0 Å². The van der Waals surface area contributed by atoms with Gasteiger partial charge in [0.2, 0.25) is 0 Å². The zero-order chi connectivity index (χ0) is 17.7. The molecule has 2 aromatic carbocycles. The van der Waals surface area contributed by atoms with Crippen molar-refractivity contribution in [1.82, 2.24) is 15.0 Å². The Hall–Kier alpha value is -3.13. The average molecular weight is 356 g/mol. The molecule has 7 nitrogen and oxygen atoms in total. The third kappa shape index (κ3) is 3.86. The van der Waals surface area contributed by atoms with Crippen LogP contribution < -0.4 is 9.57 Å². The Morgan fingerprint density at radius 2 is 1.84 bits per heavy atom. The molecular formula is C17H16N4O3S. The summed E-state index contributed by atoms with van der Waals surface area (Å²) in [6, 6.07) is 15.6. The molecule has 8 heteroatoms. The Labute approximate surface area is 145 Å². The third-order valence-electron chi connectivity index (χ3n) is 3.48. The number of benzene rings is 2. The first-order valence-corrected chi connectivity index (χ1v) is 8.86. The Bertz CT molecular complexity index is 965. The van der Waals surface area contributed by atoms with Gasteiger partial charge in [-0.05, 0) is 24.3 Å². The van der Waals surface area contributed by atoms with Crippen LogP contribution in [0.5, 0.6) is 5.75 Å². The predicted molar refractivity (Wildman–Crippen MR) is 94.9 cm³/mol. The first-order chi connectivity index (χ1) is 12.1. The number of aromatic amines is 1. The highest BCUT2D eigenvalue weighted by atomic mass is 32.2. The van der Waals surface area contributed by atoms with E-state index in [4.69, 9.17) is 4.74 Å². The van der Waals surface area contributed by atoms with Crippen molar-refractivity contribution in [3.05, 3.63) is 66.4 Å². The van der Waals surface area contributed by atoms with Gasteiger partial charge < -0.3 is 4.74 Å². The highest BCUT2D eigenvalue weighted by Gasteiger charge is 2.13. The summed E-state index contributed by atoms with van der Waals surface area (Å²) in [7, 11) is -2.23. The Morgan fingerprint density at radius 3 is 2.52 bits per heavy atom. The van der Waals surface area contributed by atoms with Gasteiger partial charge in [0.25, 0.3) is 10.0 Å². The minimum atomic E-state index is -3.75. The number of methoxy groups -OCH3 is 1. The number of nitrogens with one attached hydrogen (secondary N) is 2. The molecular weight excluding hydrogens is 340 g/mol. The average Bonchev–Trinajstić information content (AvgIpc) is 3.11. The summed E-state index contributed by atoms with van der Waals surface area (Å²) in [5.41, 5.74) is 2.36. The van der Waals surface area contributed by atoms with E-state index in [0.717, 1.165) is 11.3 Å². The number of rotatable bonds is 6. The van der Waals surface area contributed by atoms with Gasteiger partial charge in [0.15, 0.2) is 0 Å². The fourth-order valence-electron chi connectivity index (χ4n) is 2.20. The second-order valence-corrected chi connectivity index (χ2v) is 6.76. The fraction of sp³-hybridized carbons (Fsp3) is 0.0588. The number of hydrogen-bond acceptors (Lipinski definition) is 5. The number of sulfonamides is 1. The molecule has 0 amide bonds. The Morgan fingerprint density at radius 1 is 1.12 bits per heavy atom. The largest absolute Gasteiger partial charge is 0.497 e. The van der Waals surface area contributed by atoms with Gasteiger partial charge in [-0.1, -0.05) is 30.3 Å². The second kappa shape index (κ2) is 7.18. The number of hydrazone groups is 1. The Kier molecular flexibility index (Phi) is 4.80. The monoisotopic (exact) mass is 356 g/mol. The molecule has 25 heavy (non-hydrogen) atoms. The van der Waals surface area contributed by atoms with E-state index in [1.54, 1.807) is 18.3 Å². The lowest BCUT2D eigenvalue weighted by atomic mass is 10.1. The van der Waals surface area contributed by atoms with Crippen molar-refractivity contribution >= 4 is 16.2 Å². The second-order valence-electron chi connectivity index (χ2n) is 5.09. The maximum Gasteiger partial charge on any atom is 0.276 e. The lowest BCUT2D eigenvalue weighted by Crippen LogP contribution is -2.18. The molecule has 0 aliphatic heterocycles. The maximum absolute atomic E-state index is 12.2. The van der Waals surface area contributed by atoms with Gasteiger partial charge in [-0.15, -0.1) is 0 Å². The summed E-state index contributed by atoms with van der Waals surface area (Å²) in [5.74, 6) is 0.577. The van der Waals surface area contributed by atoms with E-state index >= 15 is 0 Å². The molecule has 3 aromatic rings. The van der Waals surface area contributed by atoms with Crippen LogP contribution >= 0.6 is 0 Å². The number of ether oxygens (including phenoxy) is 1. The summed E-state index contributed by atoms with van der Waals surface area (Å²) in [6.07, 6.45) is 2.99. The molecule has 2 N–H and O–H groups in total. The predicted octanol–water partition coefficient (Wildman–Crippen LogP) is 2.40. The van der Waals surface area contributed by atoms with Crippen molar-refractivity contribution in [3.8, 4) is 17.0 Å². The molecule has 0 atom stereocenters. The SMILES string of the molecule is COc1ccc(S(=O)(=O)NN=Cc2cn[nH]c2-c2ccccc2)cc1. The lowest BCUT2D eigenvalue weighted by Gasteiger charge is -2.04. The molecule has 1 aromatic heterocycles. The molecule has 0 radical (unpaired) electrons. The lowest BCUT2D eigenvalue weighted by molar-refractivity contribution is 0.414. The molecule has 0 aliphatic carbocycles. The van der Waals surface area contributed by atoms with Crippen molar-refractivity contribution in [2.24, 2.45) is 5.10 Å². The molecule has 0 bridgehead atoms. The van der Waals surface area contributed by atoms with E-state index in [2.05, 4.69) is 20.1 Å². The van der Waals surface area contributed by atoms with E-state index in [-0.39, 0.29) is 4.90 Å². The minimum absolute atomic E-state index is 0.0981. The minimum Gasteiger partial charge on any atom is -0.497 e. The van der Waals surface area contributed by atoms with Crippen LogP contribution in [0.4, 0.5) is 0 Å². The van der Waals surface area contributed by atoms with Crippen LogP contribution in [0.3, 0.4) is 0 Å². The Balaban J connectivity index is 1.76. The molecule has 0 aliphatic rings. The van der Waals surface area contributed by atoms with Gasteiger partial charge in [0, 0.05) is 11.1 Å². The van der Waals surface area contributed by atoms with Crippen LogP contribution in [-0.2, 0) is 10.0 Å². The van der Waals surface area contributed by atoms with E-state index < -0.39 is 10.0 Å². The van der Waals surface area contributed by atoms with Gasteiger partial charge in [-0.2, -0.15) is 18.6 Å². The first kappa shape index (κ1) is 16.7. The van der Waals surface area contributed by atoms with Gasteiger partial charge in [0.1, 0.15) is 5.75 Å². The van der Waals surface area contributed by atoms with E-state index in [1.807, 2.05) is 30.3 Å². The summed E-state index contributed by atoms with van der Waals surface area (Å²) < 4.78 is 29.5. The number of nitrogens with zero attached hydrogens (tertiary/aromatic N) is 2. The quantitative estimate of drug-likeness (QED) is 0.523. The maximum atomic E-state index is 12.2. The van der Waals surface area contributed by atoms with Gasteiger partial charge in [-0.25, -0.2) is 4.83 Å². The van der Waals surface area contributed by atoms with Crippen LogP contribution in [-0.4, -0.2) is 31.9 Å². The van der Waals surface area contributed by atoms with Crippen LogP contribution in [0.15, 0.2) is 70.8 Å². The molecule has 0 unspecified atom stereocenters. The normalized spacial score (nSPS) is 11.6. The first-order valence-electron chi connectivity index (χ1n) is 7.38. The summed E-state index contributed by atoms with van der Waals surface area (Å²) in [4.78, 5) is 2.29. The van der Waals surface area contributed by atoms with E-state index in [1.165, 1.54) is 25.5 Å². The standard InChI is InChI=1S/C17H16N4O3S/c1-24-15-7-9-16(10-8-15)25(22,23)21-19-12-14-11-18-20-17(14)13-5-3-2-4-6-13/h2-12,21H,1H3,(H,18,20). The molecule has 0 spiro atoms. The van der Waals surface area contributed by atoms with Crippen molar-refractivity contribution in [2.75, 3.05) is 7.11 Å². The van der Waals surface area contributed by atoms with Crippen LogP contribution in [0.2, 0.25) is 0 Å². The molecule has 128 valence electrons. The van der Waals surface area contributed by atoms with Crippen molar-refractivity contribution < 1.29 is 13.2 Å². The van der Waals surface area contributed by atoms with Gasteiger partial charge >= 0.3 is 0 Å². The number of H-pyrrole nitrogens is 1. The molecule has 0 saturated heterocycles. The highest BCUT2D eigenvalue weighted by molar-refractivity contribution is 7.89. The fourth-order valence-corrected chi connectivity index (χ4v) is 2.99. The summed E-state index contributed by atoms with van der Waals surface area (Å²) >= 11 is 0. The zero-order valence-electron chi connectivity index (χ0n) is 13.4. The van der Waals surface area contributed by atoms with E-state index in [0.29, 0.717) is 11.3 Å². The summed E-state index contributed by atoms with van der Waals surface area (Å²) in [6.45, 7) is 0. The molecule has 1 heterocycles. The smallest absolute Gasteiger partial charge is 0.276 e. The zero-order valence-corrected chi connectivity index (χ0v) is 14.2. The van der Waals surface area contributed by atoms with Gasteiger partial charge in [0.05, 0.1) is 30.1 Å². The van der Waals surface area contributed by atoms with Crippen LogP contribution in [0, 0.1) is 0 Å². The van der Waals surface area contributed by atoms with Crippen molar-refractivity contribution in [1.29, 1.82) is 0 Å². The van der Waals surface area contributed by atoms with Gasteiger partial charge in [-0.3, -0.25) is 5.10 Å². The molecule has 3 rings (SSSR count). The van der Waals surface area contributed by atoms with Crippen LogP contribution in [0.1, 0.15) is 5.56 Å². The van der Waals surface area contributed by atoms with Crippen LogP contribution in [0.25, 0.3) is 11.3 Å². The third-order valence-corrected chi connectivity index (χ3v) is 4.72. The number of hydrogen-bond donors (Lipinski definition) is 2. The van der Waals surface area contributed by atoms with Crippen molar-refractivity contribution in [2.45, 2.75) is 4.90 Å². The highest BCUT2D eigenvalue weighted by Crippen LogP contribution is 2.19. The van der Waals surface area contributed by atoms with E-state index in [9.17, 15) is 8.42 Å². The topological polar surface area (TPSA) is 96.4 Å². The molecule has 0 fully saturated rings. The number of aromatic nitrogens is 2. The summed E-state index contributed by atoms with van der Waals surface area (Å²) in [5, 5.41) is 10.7.